The van der Waals surface area contributed by atoms with Gasteiger partial charge in [0.05, 0.1) is 18.0 Å². The van der Waals surface area contributed by atoms with Crippen molar-refractivity contribution in [3.63, 3.8) is 0 Å². The first-order valence-corrected chi connectivity index (χ1v) is 13.5. The molecule has 2 amide bonds. The maximum absolute atomic E-state index is 13.8. The quantitative estimate of drug-likeness (QED) is 0.270. The molecule has 0 radical (unpaired) electrons. The van der Waals surface area contributed by atoms with Crippen LogP contribution in [-0.2, 0) is 22.4 Å². The Bertz CT molecular complexity index is 1390. The summed E-state index contributed by atoms with van der Waals surface area (Å²) in [5.41, 5.74) is 4.35. The van der Waals surface area contributed by atoms with Crippen molar-refractivity contribution in [3.8, 4) is 11.8 Å². The summed E-state index contributed by atoms with van der Waals surface area (Å²) < 4.78 is 5.34. The first kappa shape index (κ1) is 27.0. The zero-order valence-corrected chi connectivity index (χ0v) is 22.8. The zero-order chi connectivity index (χ0) is 27.2. The second kappa shape index (κ2) is 12.0. The Morgan fingerprint density at radius 2 is 1.71 bits per heavy atom. The van der Waals surface area contributed by atoms with Crippen LogP contribution in [0.2, 0.25) is 0 Å². The summed E-state index contributed by atoms with van der Waals surface area (Å²) in [5, 5.41) is 12.7. The summed E-state index contributed by atoms with van der Waals surface area (Å²) in [6, 6.07) is 25.0. The highest BCUT2D eigenvalue weighted by atomic mass is 32.2. The van der Waals surface area contributed by atoms with Crippen molar-refractivity contribution >= 4 is 35.0 Å². The lowest BCUT2D eigenvalue weighted by Gasteiger charge is -2.19. The van der Waals surface area contributed by atoms with Crippen molar-refractivity contribution in [2.24, 2.45) is 0 Å². The van der Waals surface area contributed by atoms with Gasteiger partial charge in [-0.05, 0) is 59.7 Å². The number of amides is 2. The Balaban J connectivity index is 1.71. The van der Waals surface area contributed by atoms with Gasteiger partial charge in [-0.25, -0.2) is 0 Å². The monoisotopic (exact) mass is 525 g/mol. The fraction of sp³-hybridized carbons (Fsp3) is 0.258. The number of para-hydroxylation sites is 2. The smallest absolute Gasteiger partial charge is 0.269 e. The van der Waals surface area contributed by atoms with Gasteiger partial charge in [-0.3, -0.25) is 14.5 Å². The molecule has 38 heavy (non-hydrogen) atoms. The van der Waals surface area contributed by atoms with Gasteiger partial charge < -0.3 is 10.1 Å². The number of methoxy groups -OCH3 is 1. The third kappa shape index (κ3) is 5.76. The highest BCUT2D eigenvalue weighted by Gasteiger charge is 2.41. The number of aryl methyl sites for hydroxylation is 1. The van der Waals surface area contributed by atoms with Crippen LogP contribution in [0.3, 0.4) is 0 Å². The van der Waals surface area contributed by atoms with Crippen LogP contribution in [0.25, 0.3) is 0 Å². The molecule has 6 nitrogen and oxygen atoms in total. The van der Waals surface area contributed by atoms with Gasteiger partial charge in [0, 0.05) is 5.69 Å². The highest BCUT2D eigenvalue weighted by molar-refractivity contribution is 8.05. The second-order valence-electron chi connectivity index (χ2n) is 9.35. The van der Waals surface area contributed by atoms with E-state index in [1.807, 2.05) is 36.4 Å². The Labute approximate surface area is 228 Å². The van der Waals surface area contributed by atoms with Gasteiger partial charge in [0.15, 0.2) is 0 Å². The largest absolute Gasteiger partial charge is 0.495 e. The summed E-state index contributed by atoms with van der Waals surface area (Å²) in [6.07, 6.45) is 1.35. The van der Waals surface area contributed by atoms with E-state index < -0.39 is 11.2 Å². The number of anilines is 2. The van der Waals surface area contributed by atoms with E-state index in [9.17, 15) is 14.9 Å². The Morgan fingerprint density at radius 1 is 1.05 bits per heavy atom. The lowest BCUT2D eigenvalue weighted by atomic mass is 10.00. The molecule has 0 aromatic heterocycles. The number of thioether (sulfide) groups is 1. The number of rotatable bonds is 8. The zero-order valence-electron chi connectivity index (χ0n) is 22.0. The molecule has 1 N–H and O–H groups in total. The maximum atomic E-state index is 13.8. The summed E-state index contributed by atoms with van der Waals surface area (Å²) in [4.78, 5) is 28.6. The minimum atomic E-state index is -0.593. The van der Waals surface area contributed by atoms with E-state index in [1.54, 1.807) is 24.3 Å². The summed E-state index contributed by atoms with van der Waals surface area (Å²) in [5.74, 6) is 0.153. The molecule has 1 aliphatic heterocycles. The standard InChI is InChI=1S/C31H31N3O3S/c1-5-21-12-16-24(17-13-21)34-30(36)28(18-22-10-14-23(15-11-22)20(2)3)38-31(34)25(19-32)29(35)33-26-8-6-7-9-27(26)37-4/h6-17,20,28H,5,18H2,1-4H3,(H,33,35)/b31-25-. The molecule has 0 spiro atoms. The van der Waals surface area contributed by atoms with Crippen LogP contribution >= 0.6 is 11.8 Å². The van der Waals surface area contributed by atoms with Crippen molar-refractivity contribution in [2.45, 2.75) is 44.8 Å². The molecule has 0 bridgehead atoms. The molecule has 1 fully saturated rings. The number of nitrogens with zero attached hydrogens (tertiary/aromatic N) is 2. The normalized spacial score (nSPS) is 16.4. The van der Waals surface area contributed by atoms with Crippen molar-refractivity contribution in [1.82, 2.24) is 0 Å². The van der Waals surface area contributed by atoms with Gasteiger partial charge in [-0.1, -0.05) is 81.1 Å². The van der Waals surface area contributed by atoms with Gasteiger partial charge in [-0.15, -0.1) is 0 Å². The SMILES string of the molecule is CCc1ccc(N2C(=O)C(Cc3ccc(C(C)C)cc3)S/C2=C(/C#N)C(=O)Nc2ccccc2OC)cc1. The van der Waals surface area contributed by atoms with Crippen molar-refractivity contribution in [2.75, 3.05) is 17.3 Å². The van der Waals surface area contributed by atoms with E-state index in [1.165, 1.54) is 29.3 Å². The number of nitrogens with one attached hydrogen (secondary N) is 1. The molecule has 7 heteroatoms. The van der Waals surface area contributed by atoms with Gasteiger partial charge in [0.25, 0.3) is 5.91 Å². The van der Waals surface area contributed by atoms with Crippen LogP contribution in [0.15, 0.2) is 83.4 Å². The lowest BCUT2D eigenvalue weighted by Crippen LogP contribution is -2.31. The van der Waals surface area contributed by atoms with Crippen LogP contribution in [-0.4, -0.2) is 24.2 Å². The third-order valence-corrected chi connectivity index (χ3v) is 7.79. The number of hydrogen-bond acceptors (Lipinski definition) is 5. The number of carbonyl (C=O) groups is 2. The molecule has 4 rings (SSSR count). The first-order valence-electron chi connectivity index (χ1n) is 12.6. The minimum Gasteiger partial charge on any atom is -0.495 e. The molecule has 0 saturated carbocycles. The van der Waals surface area contributed by atoms with Crippen LogP contribution < -0.4 is 15.0 Å². The van der Waals surface area contributed by atoms with E-state index in [-0.39, 0.29) is 11.5 Å². The maximum Gasteiger partial charge on any atom is 0.269 e. The number of nitriles is 1. The highest BCUT2D eigenvalue weighted by Crippen LogP contribution is 2.42. The molecule has 3 aromatic carbocycles. The fourth-order valence-electron chi connectivity index (χ4n) is 4.29. The number of ether oxygens (including phenoxy) is 1. The van der Waals surface area contributed by atoms with E-state index in [0.717, 1.165) is 17.5 Å². The molecule has 3 aromatic rings. The minimum absolute atomic E-state index is 0.119. The van der Waals surface area contributed by atoms with Crippen molar-refractivity contribution in [1.29, 1.82) is 5.26 Å². The van der Waals surface area contributed by atoms with Crippen LogP contribution in [0.4, 0.5) is 11.4 Å². The first-order chi connectivity index (χ1) is 18.4. The third-order valence-electron chi connectivity index (χ3n) is 6.53. The van der Waals surface area contributed by atoms with Crippen LogP contribution in [0, 0.1) is 11.3 Å². The van der Waals surface area contributed by atoms with Gasteiger partial charge in [0.1, 0.15) is 22.4 Å². The summed E-state index contributed by atoms with van der Waals surface area (Å²) in [7, 11) is 1.51. The predicted molar refractivity (Wildman–Crippen MR) is 153 cm³/mol. The second-order valence-corrected chi connectivity index (χ2v) is 10.5. The van der Waals surface area contributed by atoms with Gasteiger partial charge in [-0.2, -0.15) is 5.26 Å². The van der Waals surface area contributed by atoms with E-state index in [0.29, 0.717) is 34.5 Å². The van der Waals surface area contributed by atoms with Crippen LogP contribution in [0.1, 0.15) is 43.4 Å². The molecule has 1 saturated heterocycles. The average molecular weight is 526 g/mol. The molecule has 0 aliphatic carbocycles. The Kier molecular flexibility index (Phi) is 8.55. The van der Waals surface area contributed by atoms with E-state index in [4.69, 9.17) is 4.74 Å². The molecule has 1 unspecified atom stereocenters. The number of benzene rings is 3. The molecule has 194 valence electrons. The lowest BCUT2D eigenvalue weighted by molar-refractivity contribution is -0.117. The molecule has 1 atom stereocenters. The number of hydrogen-bond donors (Lipinski definition) is 1. The Hall–Kier alpha value is -4.02. The fourth-order valence-corrected chi connectivity index (χ4v) is 5.60. The summed E-state index contributed by atoms with van der Waals surface area (Å²) >= 11 is 1.26. The molecular formula is C31H31N3O3S. The molecule has 1 heterocycles. The van der Waals surface area contributed by atoms with Gasteiger partial charge >= 0.3 is 0 Å². The predicted octanol–water partition coefficient (Wildman–Crippen LogP) is 6.45. The molecular weight excluding hydrogens is 494 g/mol. The van der Waals surface area contributed by atoms with Crippen molar-refractivity contribution < 1.29 is 14.3 Å². The van der Waals surface area contributed by atoms with Gasteiger partial charge in [0.2, 0.25) is 5.91 Å². The van der Waals surface area contributed by atoms with Crippen molar-refractivity contribution in [3.05, 3.63) is 100 Å². The van der Waals surface area contributed by atoms with E-state index in [2.05, 4.69) is 44.3 Å². The topological polar surface area (TPSA) is 82.4 Å². The average Bonchev–Trinajstić information content (AvgIpc) is 3.24. The molecule has 1 aliphatic rings. The van der Waals surface area contributed by atoms with Crippen LogP contribution in [0.5, 0.6) is 5.75 Å². The summed E-state index contributed by atoms with van der Waals surface area (Å²) in [6.45, 7) is 6.35. The Morgan fingerprint density at radius 3 is 2.32 bits per heavy atom. The van der Waals surface area contributed by atoms with E-state index >= 15 is 0 Å². The number of carbonyl (C=O) groups excluding carboxylic acids is 2.